The zero-order valence-corrected chi connectivity index (χ0v) is 12.3. The molecule has 0 fully saturated rings. The highest BCUT2D eigenvalue weighted by molar-refractivity contribution is 9.10. The number of nitrogens with two attached hydrogens (primary N) is 1. The quantitative estimate of drug-likeness (QED) is 0.738. The third-order valence-electron chi connectivity index (χ3n) is 3.23. The van der Waals surface area contributed by atoms with Crippen molar-refractivity contribution in [1.29, 1.82) is 10.5 Å². The molecule has 1 aromatic carbocycles. The molecule has 0 saturated carbocycles. The van der Waals surface area contributed by atoms with Gasteiger partial charge in [0, 0.05) is 5.56 Å². The molecule has 3 aromatic rings. The molecule has 0 atom stereocenters. The number of hydrogen-bond donors (Lipinski definition) is 1. The highest BCUT2D eigenvalue weighted by Gasteiger charge is 2.21. The standard InChI is InChI=1S/C15H8BrN5/c16-12-8-20-21-14(12)10(6-17)13(11(7-18)15(21)19)9-4-2-1-3-5-9/h1-5,8H,19H2. The summed E-state index contributed by atoms with van der Waals surface area (Å²) in [5.41, 5.74) is 8.54. The second-order valence-electron chi connectivity index (χ2n) is 4.35. The van der Waals surface area contributed by atoms with Gasteiger partial charge < -0.3 is 5.73 Å². The first-order valence-electron chi connectivity index (χ1n) is 6.03. The Labute approximate surface area is 129 Å². The molecule has 0 unspecified atom stereocenters. The Kier molecular flexibility index (Phi) is 3.09. The molecule has 21 heavy (non-hydrogen) atoms. The van der Waals surface area contributed by atoms with Crippen LogP contribution in [0.25, 0.3) is 16.6 Å². The fourth-order valence-corrected chi connectivity index (χ4v) is 2.79. The normalized spacial score (nSPS) is 10.2. The first-order chi connectivity index (χ1) is 10.2. The maximum Gasteiger partial charge on any atom is 0.144 e. The maximum atomic E-state index is 9.57. The second kappa shape index (κ2) is 4.93. The fourth-order valence-electron chi connectivity index (χ4n) is 2.33. The summed E-state index contributed by atoms with van der Waals surface area (Å²) in [6, 6.07) is 13.5. The molecule has 3 rings (SSSR count). The van der Waals surface area contributed by atoms with Crippen molar-refractivity contribution < 1.29 is 0 Å². The zero-order valence-electron chi connectivity index (χ0n) is 10.7. The summed E-state index contributed by atoms with van der Waals surface area (Å²) in [6.07, 6.45) is 1.56. The van der Waals surface area contributed by atoms with Gasteiger partial charge in [-0.05, 0) is 21.5 Å². The minimum atomic E-state index is 0.219. The lowest BCUT2D eigenvalue weighted by Gasteiger charge is -2.12. The SMILES string of the molecule is N#Cc1c(-c2ccccc2)c(C#N)c2c(Br)cnn2c1N. The van der Waals surface area contributed by atoms with Gasteiger partial charge in [-0.1, -0.05) is 30.3 Å². The Morgan fingerprint density at radius 1 is 1.10 bits per heavy atom. The third kappa shape index (κ3) is 1.85. The number of nitriles is 2. The van der Waals surface area contributed by atoms with E-state index < -0.39 is 0 Å². The van der Waals surface area contributed by atoms with Gasteiger partial charge in [0.2, 0.25) is 0 Å². The Hall–Kier alpha value is -2.83. The number of hydrogen-bond acceptors (Lipinski definition) is 4. The predicted molar refractivity (Wildman–Crippen MR) is 82.2 cm³/mol. The molecule has 0 aliphatic rings. The van der Waals surface area contributed by atoms with Crippen LogP contribution in [-0.4, -0.2) is 9.61 Å². The van der Waals surface area contributed by atoms with Gasteiger partial charge >= 0.3 is 0 Å². The smallest absolute Gasteiger partial charge is 0.144 e. The van der Waals surface area contributed by atoms with E-state index in [1.165, 1.54) is 4.52 Å². The van der Waals surface area contributed by atoms with Crippen molar-refractivity contribution in [2.75, 3.05) is 5.73 Å². The minimum absolute atomic E-state index is 0.219. The average molecular weight is 338 g/mol. The van der Waals surface area contributed by atoms with Gasteiger partial charge in [-0.3, -0.25) is 0 Å². The Morgan fingerprint density at radius 2 is 1.76 bits per heavy atom. The van der Waals surface area contributed by atoms with E-state index in [-0.39, 0.29) is 11.4 Å². The number of anilines is 1. The van der Waals surface area contributed by atoms with Gasteiger partial charge in [-0.15, -0.1) is 0 Å². The Bertz CT molecular complexity index is 929. The van der Waals surface area contributed by atoms with Crippen LogP contribution in [0.1, 0.15) is 11.1 Å². The van der Waals surface area contributed by atoms with Crippen molar-refractivity contribution in [2.45, 2.75) is 0 Å². The maximum absolute atomic E-state index is 9.57. The van der Waals surface area contributed by atoms with Crippen LogP contribution in [0.4, 0.5) is 5.82 Å². The number of nitrogen functional groups attached to an aromatic ring is 1. The van der Waals surface area contributed by atoms with Gasteiger partial charge in [0.05, 0.1) is 16.2 Å². The molecule has 2 aromatic heterocycles. The largest absolute Gasteiger partial charge is 0.383 e. The van der Waals surface area contributed by atoms with E-state index in [1.807, 2.05) is 30.3 Å². The number of halogens is 1. The van der Waals surface area contributed by atoms with E-state index in [0.29, 0.717) is 21.1 Å². The van der Waals surface area contributed by atoms with E-state index in [9.17, 15) is 10.5 Å². The number of aromatic nitrogens is 2. The van der Waals surface area contributed by atoms with Crippen LogP contribution in [0, 0.1) is 22.7 Å². The van der Waals surface area contributed by atoms with E-state index in [1.54, 1.807) is 6.20 Å². The summed E-state index contributed by atoms with van der Waals surface area (Å²) < 4.78 is 2.07. The number of nitrogens with zero attached hydrogens (tertiary/aromatic N) is 4. The highest BCUT2D eigenvalue weighted by Crippen LogP contribution is 2.36. The summed E-state index contributed by atoms with van der Waals surface area (Å²) in [4.78, 5) is 0. The topological polar surface area (TPSA) is 90.9 Å². The summed E-state index contributed by atoms with van der Waals surface area (Å²) in [5.74, 6) is 0.219. The van der Waals surface area contributed by atoms with Crippen LogP contribution in [0.5, 0.6) is 0 Å². The van der Waals surface area contributed by atoms with Crippen LogP contribution in [-0.2, 0) is 0 Å². The highest BCUT2D eigenvalue weighted by atomic mass is 79.9. The summed E-state index contributed by atoms with van der Waals surface area (Å²) >= 11 is 3.37. The van der Waals surface area contributed by atoms with Gasteiger partial charge in [0.15, 0.2) is 0 Å². The molecule has 0 amide bonds. The lowest BCUT2D eigenvalue weighted by molar-refractivity contribution is 0.969. The molecule has 6 heteroatoms. The molecule has 0 radical (unpaired) electrons. The first-order valence-corrected chi connectivity index (χ1v) is 6.82. The van der Waals surface area contributed by atoms with E-state index in [0.717, 1.165) is 5.56 Å². The molecule has 2 heterocycles. The monoisotopic (exact) mass is 337 g/mol. The van der Waals surface area contributed by atoms with Crippen molar-refractivity contribution in [3.63, 3.8) is 0 Å². The van der Waals surface area contributed by atoms with Crippen molar-refractivity contribution >= 4 is 27.3 Å². The van der Waals surface area contributed by atoms with Gasteiger partial charge in [-0.2, -0.15) is 15.6 Å². The number of fused-ring (bicyclic) bond motifs is 1. The van der Waals surface area contributed by atoms with Crippen LogP contribution < -0.4 is 5.73 Å². The third-order valence-corrected chi connectivity index (χ3v) is 3.81. The summed E-state index contributed by atoms with van der Waals surface area (Å²) in [5, 5.41) is 23.1. The summed E-state index contributed by atoms with van der Waals surface area (Å²) in [7, 11) is 0. The molecule has 0 aliphatic carbocycles. The molecule has 0 aliphatic heterocycles. The number of benzene rings is 1. The molecular formula is C15H8BrN5. The van der Waals surface area contributed by atoms with Crippen LogP contribution in [0.2, 0.25) is 0 Å². The number of rotatable bonds is 1. The van der Waals surface area contributed by atoms with Gasteiger partial charge in [0.1, 0.15) is 29.0 Å². The van der Waals surface area contributed by atoms with Crippen LogP contribution in [0.3, 0.4) is 0 Å². The van der Waals surface area contributed by atoms with Crippen molar-refractivity contribution in [3.8, 4) is 23.3 Å². The Morgan fingerprint density at radius 3 is 2.38 bits per heavy atom. The second-order valence-corrected chi connectivity index (χ2v) is 5.21. The number of pyridine rings is 1. The molecule has 100 valence electrons. The average Bonchev–Trinajstić information content (AvgIpc) is 2.90. The zero-order chi connectivity index (χ0) is 15.0. The first kappa shape index (κ1) is 13.2. The molecule has 5 nitrogen and oxygen atoms in total. The molecule has 0 bridgehead atoms. The lowest BCUT2D eigenvalue weighted by atomic mass is 9.95. The van der Waals surface area contributed by atoms with Crippen molar-refractivity contribution in [2.24, 2.45) is 0 Å². The predicted octanol–water partition coefficient (Wildman–Crippen LogP) is 3.09. The van der Waals surface area contributed by atoms with Gasteiger partial charge in [0.25, 0.3) is 0 Å². The lowest BCUT2D eigenvalue weighted by Crippen LogP contribution is -2.06. The fraction of sp³-hybridized carbons (Fsp3) is 0. The van der Waals surface area contributed by atoms with E-state index in [4.69, 9.17) is 5.73 Å². The van der Waals surface area contributed by atoms with E-state index >= 15 is 0 Å². The molecule has 0 spiro atoms. The minimum Gasteiger partial charge on any atom is -0.383 e. The Balaban J connectivity index is 2.57. The van der Waals surface area contributed by atoms with Crippen molar-refractivity contribution in [3.05, 3.63) is 52.1 Å². The van der Waals surface area contributed by atoms with E-state index in [2.05, 4.69) is 33.2 Å². The van der Waals surface area contributed by atoms with Crippen molar-refractivity contribution in [1.82, 2.24) is 9.61 Å². The molecular weight excluding hydrogens is 330 g/mol. The summed E-state index contributed by atoms with van der Waals surface area (Å²) in [6.45, 7) is 0. The van der Waals surface area contributed by atoms with Crippen LogP contribution >= 0.6 is 15.9 Å². The molecule has 2 N–H and O–H groups in total. The van der Waals surface area contributed by atoms with Gasteiger partial charge in [-0.25, -0.2) is 4.52 Å². The van der Waals surface area contributed by atoms with Crippen LogP contribution in [0.15, 0.2) is 41.0 Å². The molecule has 0 saturated heterocycles.